The van der Waals surface area contributed by atoms with Crippen LogP contribution in [0.3, 0.4) is 0 Å². The first-order chi connectivity index (χ1) is 6.02. The second-order valence-electron chi connectivity index (χ2n) is 2.24. The molecule has 1 amide bonds. The van der Waals surface area contributed by atoms with Crippen LogP contribution in [0.4, 0.5) is 13.3 Å². The first-order valence-electron chi connectivity index (χ1n) is 3.30. The van der Waals surface area contributed by atoms with E-state index < -0.39 is 23.0 Å². The fourth-order valence-electron chi connectivity index (χ4n) is 0.721. The Morgan fingerprint density at radius 1 is 1.54 bits per heavy atom. The Bertz CT molecular complexity index is 411. The van der Waals surface area contributed by atoms with Crippen molar-refractivity contribution in [2.24, 2.45) is 4.99 Å². The fourth-order valence-corrected chi connectivity index (χ4v) is 0.721. The minimum absolute atomic E-state index is 0.264. The van der Waals surface area contributed by atoms with Gasteiger partial charge in [0.05, 0.1) is 0 Å². The third-order valence-electron chi connectivity index (χ3n) is 1.22. The molecule has 0 saturated carbocycles. The summed E-state index contributed by atoms with van der Waals surface area (Å²) in [6, 6.07) is 0.592. The minimum atomic E-state index is -1.49. The van der Waals surface area contributed by atoms with Gasteiger partial charge in [0.1, 0.15) is 0 Å². The molecule has 70 valence electrons. The van der Waals surface area contributed by atoms with Gasteiger partial charge in [0, 0.05) is 13.1 Å². The summed E-state index contributed by atoms with van der Waals surface area (Å²) in [6.45, 7) is 1.00. The number of hydrogen-bond acceptors (Lipinski definition) is 1. The number of carbonyl (C=O) groups excluding carboxylic acids is 1. The highest BCUT2D eigenvalue weighted by Gasteiger charge is 2.07. The van der Waals surface area contributed by atoms with Crippen molar-refractivity contribution >= 4 is 5.91 Å². The molecule has 0 fully saturated rings. The van der Waals surface area contributed by atoms with Gasteiger partial charge in [-0.3, -0.25) is 4.79 Å². The molecule has 0 aromatic carbocycles. The SMILES string of the molecule is CC(=O)N=c1c(F)c(F)ccn1F. The second kappa shape index (κ2) is 3.42. The zero-order chi connectivity index (χ0) is 10.0. The number of rotatable bonds is 0. The lowest BCUT2D eigenvalue weighted by molar-refractivity contribution is -0.116. The average Bonchev–Trinajstić information content (AvgIpc) is 2.05. The Morgan fingerprint density at radius 3 is 2.69 bits per heavy atom. The standard InChI is InChI=1S/C7H5F3N2O/c1-4(13)11-7-6(9)5(8)2-3-12(7)10/h2-3H,1H3. The van der Waals surface area contributed by atoms with E-state index >= 15 is 0 Å². The van der Waals surface area contributed by atoms with E-state index in [0.29, 0.717) is 12.3 Å². The Balaban J connectivity index is 3.51. The van der Waals surface area contributed by atoms with E-state index in [1.54, 1.807) is 0 Å². The Labute approximate surface area is 71.1 Å². The van der Waals surface area contributed by atoms with Gasteiger partial charge < -0.3 is 0 Å². The quantitative estimate of drug-likeness (QED) is 0.599. The molecule has 1 aromatic rings. The monoisotopic (exact) mass is 190 g/mol. The molecule has 0 spiro atoms. The molecule has 0 aliphatic carbocycles. The fraction of sp³-hybridized carbons (Fsp3) is 0.143. The highest BCUT2D eigenvalue weighted by molar-refractivity contribution is 5.73. The normalized spacial score (nSPS) is 11.8. The van der Waals surface area contributed by atoms with Gasteiger partial charge in [0.2, 0.25) is 17.2 Å². The summed E-state index contributed by atoms with van der Waals surface area (Å²) < 4.78 is 37.9. The summed E-state index contributed by atoms with van der Waals surface area (Å²) in [5.41, 5.74) is -0.965. The van der Waals surface area contributed by atoms with Crippen molar-refractivity contribution in [3.8, 4) is 0 Å². The summed E-state index contributed by atoms with van der Waals surface area (Å²) in [5, 5.41) is 0. The van der Waals surface area contributed by atoms with Gasteiger partial charge in [0.25, 0.3) is 0 Å². The van der Waals surface area contributed by atoms with Crippen molar-refractivity contribution in [3.05, 3.63) is 29.4 Å². The van der Waals surface area contributed by atoms with Crippen LogP contribution in [0, 0.1) is 11.6 Å². The lowest BCUT2D eigenvalue weighted by Gasteiger charge is -1.96. The molecule has 0 aliphatic heterocycles. The van der Waals surface area contributed by atoms with Crippen LogP contribution in [0.1, 0.15) is 6.92 Å². The van der Waals surface area contributed by atoms with E-state index in [1.807, 2.05) is 0 Å². The molecule has 1 rings (SSSR count). The lowest BCUT2D eigenvalue weighted by atomic mass is 10.4. The molecule has 1 aromatic heterocycles. The molecule has 6 heteroatoms. The van der Waals surface area contributed by atoms with Crippen molar-refractivity contribution in [2.45, 2.75) is 6.92 Å². The zero-order valence-corrected chi connectivity index (χ0v) is 6.59. The van der Waals surface area contributed by atoms with Crippen LogP contribution in [0.15, 0.2) is 17.3 Å². The first-order valence-corrected chi connectivity index (χ1v) is 3.30. The summed E-state index contributed by atoms with van der Waals surface area (Å²) in [5.74, 6) is -3.55. The van der Waals surface area contributed by atoms with Crippen LogP contribution in [-0.2, 0) is 4.79 Å². The van der Waals surface area contributed by atoms with Gasteiger partial charge in [0.15, 0.2) is 5.82 Å². The number of carbonyl (C=O) groups is 1. The van der Waals surface area contributed by atoms with E-state index in [4.69, 9.17) is 0 Å². The van der Waals surface area contributed by atoms with Gasteiger partial charge in [-0.15, -0.1) is 0 Å². The molecule has 0 unspecified atom stereocenters. The highest BCUT2D eigenvalue weighted by atomic mass is 19.2. The number of aromatic nitrogens is 1. The van der Waals surface area contributed by atoms with E-state index in [-0.39, 0.29) is 4.79 Å². The summed E-state index contributed by atoms with van der Waals surface area (Å²) in [6.07, 6.45) is 0.625. The molecule has 0 bridgehead atoms. The van der Waals surface area contributed by atoms with Gasteiger partial charge in [-0.2, -0.15) is 14.2 Å². The lowest BCUT2D eigenvalue weighted by Crippen LogP contribution is -2.22. The second-order valence-corrected chi connectivity index (χ2v) is 2.24. The Kier molecular flexibility index (Phi) is 2.50. The smallest absolute Gasteiger partial charge is 0.244 e. The third-order valence-corrected chi connectivity index (χ3v) is 1.22. The van der Waals surface area contributed by atoms with Crippen LogP contribution in [0.25, 0.3) is 0 Å². The molecule has 0 aliphatic rings. The summed E-state index contributed by atoms with van der Waals surface area (Å²) in [4.78, 5) is 13.1. The predicted octanol–water partition coefficient (Wildman–Crippen LogP) is 0.946. The van der Waals surface area contributed by atoms with E-state index in [9.17, 15) is 18.1 Å². The van der Waals surface area contributed by atoms with Gasteiger partial charge in [-0.25, -0.2) is 4.39 Å². The average molecular weight is 190 g/mol. The molecule has 0 saturated heterocycles. The number of halogens is 3. The maximum Gasteiger partial charge on any atom is 0.244 e. The zero-order valence-electron chi connectivity index (χ0n) is 6.59. The first kappa shape index (κ1) is 9.50. The molecule has 0 atom stereocenters. The van der Waals surface area contributed by atoms with E-state index in [0.717, 1.165) is 6.92 Å². The van der Waals surface area contributed by atoms with Gasteiger partial charge in [-0.1, -0.05) is 4.48 Å². The third kappa shape index (κ3) is 1.95. The minimum Gasteiger partial charge on any atom is -0.273 e. The molecular weight excluding hydrogens is 185 g/mol. The predicted molar refractivity (Wildman–Crippen MR) is 37.1 cm³/mol. The van der Waals surface area contributed by atoms with Gasteiger partial charge >= 0.3 is 0 Å². The van der Waals surface area contributed by atoms with Crippen molar-refractivity contribution < 1.29 is 18.1 Å². The molecule has 1 heterocycles. The van der Waals surface area contributed by atoms with Crippen molar-refractivity contribution in [3.63, 3.8) is 0 Å². The Morgan fingerprint density at radius 2 is 2.15 bits per heavy atom. The maximum absolute atomic E-state index is 12.7. The van der Waals surface area contributed by atoms with Gasteiger partial charge in [-0.05, 0) is 6.07 Å². The number of amides is 1. The van der Waals surface area contributed by atoms with E-state index in [1.165, 1.54) is 0 Å². The van der Waals surface area contributed by atoms with Crippen LogP contribution in [0.2, 0.25) is 0 Å². The van der Waals surface area contributed by atoms with Crippen molar-refractivity contribution in [1.82, 2.24) is 4.79 Å². The van der Waals surface area contributed by atoms with Crippen molar-refractivity contribution in [1.29, 1.82) is 0 Å². The Hall–Kier alpha value is -1.59. The van der Waals surface area contributed by atoms with E-state index in [2.05, 4.69) is 4.99 Å². The molecule has 13 heavy (non-hydrogen) atoms. The van der Waals surface area contributed by atoms with Crippen molar-refractivity contribution in [2.75, 3.05) is 0 Å². The number of hydrogen-bond donors (Lipinski definition) is 0. The number of nitrogens with zero attached hydrogens (tertiary/aromatic N) is 2. The van der Waals surface area contributed by atoms with Crippen LogP contribution >= 0.6 is 0 Å². The summed E-state index contributed by atoms with van der Waals surface area (Å²) in [7, 11) is 0. The van der Waals surface area contributed by atoms with Crippen LogP contribution < -0.4 is 5.49 Å². The largest absolute Gasteiger partial charge is 0.273 e. The van der Waals surface area contributed by atoms with Crippen LogP contribution in [-0.4, -0.2) is 10.7 Å². The molecule has 0 N–H and O–H groups in total. The molecule has 0 radical (unpaired) electrons. The highest BCUT2D eigenvalue weighted by Crippen LogP contribution is 1.98. The maximum atomic E-state index is 12.7. The molecular formula is C7H5F3N2O. The molecule has 3 nitrogen and oxygen atoms in total. The van der Waals surface area contributed by atoms with Crippen LogP contribution in [0.5, 0.6) is 0 Å². The topological polar surface area (TPSA) is 34.4 Å². The summed E-state index contributed by atoms with van der Waals surface area (Å²) >= 11 is 0. The number of pyridine rings is 1.